The van der Waals surface area contributed by atoms with E-state index in [1.54, 1.807) is 12.3 Å². The summed E-state index contributed by atoms with van der Waals surface area (Å²) in [4.78, 5) is 11.2. The summed E-state index contributed by atoms with van der Waals surface area (Å²) >= 11 is 0. The van der Waals surface area contributed by atoms with Gasteiger partial charge in [-0.05, 0) is 26.8 Å². The predicted octanol–water partition coefficient (Wildman–Crippen LogP) is 0.365. The Kier molecular flexibility index (Phi) is 8.69. The molecule has 1 aromatic heterocycles. The molecule has 0 fully saturated rings. The summed E-state index contributed by atoms with van der Waals surface area (Å²) in [7, 11) is -4.67. The first kappa shape index (κ1) is 19.9. The second-order valence-electron chi connectivity index (χ2n) is 3.88. The Morgan fingerprint density at radius 1 is 1.33 bits per heavy atom. The third-order valence-corrected chi connectivity index (χ3v) is 1.08. The van der Waals surface area contributed by atoms with Gasteiger partial charge in [0.1, 0.15) is 5.60 Å². The van der Waals surface area contributed by atoms with Crippen molar-refractivity contribution in [1.29, 1.82) is 0 Å². The molecule has 1 rings (SSSR count). The molecule has 0 bridgehead atoms. The average molecular weight is 290 g/mol. The average Bonchev–Trinajstić information content (AvgIpc) is 2.47. The van der Waals surface area contributed by atoms with Crippen LogP contribution < -0.4 is 0 Å². The van der Waals surface area contributed by atoms with Gasteiger partial charge in [-0.2, -0.15) is 18.2 Å². The Hall–Kier alpha value is -0.450. The van der Waals surface area contributed by atoms with E-state index in [9.17, 15) is 4.79 Å². The van der Waals surface area contributed by atoms with Crippen LogP contribution in [0.1, 0.15) is 20.8 Å². The SMILES string of the molecule is CC(C)(C)OC(=O)n1cccn1.O=S(=O)(O)O.[NaH]. The van der Waals surface area contributed by atoms with Crippen molar-refractivity contribution in [3.05, 3.63) is 18.5 Å². The molecule has 8 nitrogen and oxygen atoms in total. The second-order valence-corrected chi connectivity index (χ2v) is 4.77. The fourth-order valence-electron chi connectivity index (χ4n) is 0.686. The quantitative estimate of drug-likeness (QED) is 0.523. The fraction of sp³-hybridized carbons (Fsp3) is 0.500. The van der Waals surface area contributed by atoms with Crippen molar-refractivity contribution < 1.29 is 27.1 Å². The van der Waals surface area contributed by atoms with E-state index in [2.05, 4.69) is 5.10 Å². The number of carbonyl (C=O) groups is 1. The summed E-state index contributed by atoms with van der Waals surface area (Å²) in [6.07, 6.45) is 2.63. The zero-order chi connectivity index (χ0) is 13.7. The van der Waals surface area contributed by atoms with E-state index >= 15 is 0 Å². The summed E-state index contributed by atoms with van der Waals surface area (Å²) in [6, 6.07) is 1.67. The number of rotatable bonds is 0. The van der Waals surface area contributed by atoms with Crippen LogP contribution in [0.4, 0.5) is 4.79 Å². The number of ether oxygens (including phenoxy) is 1. The van der Waals surface area contributed by atoms with Crippen molar-refractivity contribution >= 4 is 46.0 Å². The van der Waals surface area contributed by atoms with Crippen LogP contribution in [-0.4, -0.2) is 68.6 Å². The van der Waals surface area contributed by atoms with Crippen LogP contribution in [0.25, 0.3) is 0 Å². The molecule has 0 amide bonds. The molecule has 0 aliphatic heterocycles. The van der Waals surface area contributed by atoms with Crippen LogP contribution in [-0.2, 0) is 15.1 Å². The molecule has 0 atom stereocenters. The zero-order valence-corrected chi connectivity index (χ0v) is 10.4. The number of carbonyl (C=O) groups excluding carboxylic acids is 1. The predicted molar refractivity (Wildman–Crippen MR) is 65.2 cm³/mol. The first-order valence-corrected chi connectivity index (χ1v) is 5.81. The van der Waals surface area contributed by atoms with Crippen molar-refractivity contribution in [2.75, 3.05) is 0 Å². The molecule has 10 heteroatoms. The minimum atomic E-state index is -4.67. The van der Waals surface area contributed by atoms with Gasteiger partial charge in [-0.15, -0.1) is 0 Å². The fourth-order valence-corrected chi connectivity index (χ4v) is 0.686. The van der Waals surface area contributed by atoms with E-state index in [0.29, 0.717) is 0 Å². The molecule has 1 heterocycles. The maximum atomic E-state index is 11.2. The van der Waals surface area contributed by atoms with Gasteiger partial charge < -0.3 is 4.74 Å². The molecule has 0 spiro atoms. The van der Waals surface area contributed by atoms with Crippen molar-refractivity contribution in [2.24, 2.45) is 0 Å². The maximum absolute atomic E-state index is 11.2. The molecule has 0 saturated carbocycles. The monoisotopic (exact) mass is 290 g/mol. The number of nitrogens with zero attached hydrogens (tertiary/aromatic N) is 2. The molecular weight excluding hydrogens is 275 g/mol. The van der Waals surface area contributed by atoms with Gasteiger partial charge in [-0.25, -0.2) is 4.79 Å². The summed E-state index contributed by atoms with van der Waals surface area (Å²) in [6.45, 7) is 5.44. The van der Waals surface area contributed by atoms with E-state index in [-0.39, 0.29) is 29.6 Å². The third kappa shape index (κ3) is 13.6. The summed E-state index contributed by atoms with van der Waals surface area (Å²) in [5.74, 6) is 0. The van der Waals surface area contributed by atoms with Crippen molar-refractivity contribution in [2.45, 2.75) is 26.4 Å². The minimum absolute atomic E-state index is 0. The molecule has 2 N–H and O–H groups in total. The molecule has 0 aromatic carbocycles. The normalized spacial score (nSPS) is 10.7. The Labute approximate surface area is 127 Å². The first-order chi connectivity index (χ1) is 7.49. The van der Waals surface area contributed by atoms with Crippen LogP contribution in [0.3, 0.4) is 0 Å². The summed E-state index contributed by atoms with van der Waals surface area (Å²) in [5.41, 5.74) is -0.469. The van der Waals surface area contributed by atoms with E-state index in [0.717, 1.165) is 4.68 Å². The number of aromatic nitrogens is 2. The molecule has 0 aliphatic rings. The van der Waals surface area contributed by atoms with Crippen molar-refractivity contribution in [3.8, 4) is 0 Å². The van der Waals surface area contributed by atoms with Gasteiger partial charge in [-0.1, -0.05) is 0 Å². The van der Waals surface area contributed by atoms with E-state index in [1.807, 2.05) is 20.8 Å². The Morgan fingerprint density at radius 2 is 1.78 bits per heavy atom. The van der Waals surface area contributed by atoms with Gasteiger partial charge in [0.05, 0.1) is 0 Å². The Balaban J connectivity index is 0. The van der Waals surface area contributed by atoms with Gasteiger partial charge in [0.2, 0.25) is 0 Å². The summed E-state index contributed by atoms with van der Waals surface area (Å²) in [5, 5.41) is 3.74. The van der Waals surface area contributed by atoms with Gasteiger partial charge in [0.25, 0.3) is 0 Å². The molecule has 100 valence electrons. The van der Waals surface area contributed by atoms with E-state index < -0.39 is 22.1 Å². The second kappa shape index (κ2) is 7.87. The van der Waals surface area contributed by atoms with Crippen LogP contribution in [0, 0.1) is 0 Å². The molecule has 0 radical (unpaired) electrons. The standard InChI is InChI=1S/C8H12N2O2.Na.H2O4S.H/c1-8(2,3)12-7(11)10-6-4-5-9-10;;1-5(2,3)4;/h4-6H,1-3H3;;(H2,1,2,3,4);. The molecule has 0 unspecified atom stereocenters. The zero-order valence-electron chi connectivity index (χ0n) is 9.56. The van der Waals surface area contributed by atoms with Crippen molar-refractivity contribution in [1.82, 2.24) is 9.78 Å². The third-order valence-electron chi connectivity index (χ3n) is 1.08. The molecule has 18 heavy (non-hydrogen) atoms. The van der Waals surface area contributed by atoms with Crippen LogP contribution in [0.5, 0.6) is 0 Å². The topological polar surface area (TPSA) is 119 Å². The molecule has 0 aliphatic carbocycles. The Morgan fingerprint density at radius 3 is 2.06 bits per heavy atom. The van der Waals surface area contributed by atoms with E-state index in [4.69, 9.17) is 22.3 Å². The van der Waals surface area contributed by atoms with Gasteiger partial charge in [0.15, 0.2) is 0 Å². The number of hydrogen-bond acceptors (Lipinski definition) is 5. The molecular formula is C8H15N2NaO6S. The first-order valence-electron chi connectivity index (χ1n) is 4.42. The summed E-state index contributed by atoms with van der Waals surface area (Å²) < 4.78 is 37.8. The molecule has 0 saturated heterocycles. The van der Waals surface area contributed by atoms with Crippen molar-refractivity contribution in [3.63, 3.8) is 0 Å². The van der Waals surface area contributed by atoms with Crippen LogP contribution in [0.2, 0.25) is 0 Å². The Bertz CT molecular complexity index is 442. The van der Waals surface area contributed by atoms with Gasteiger partial charge in [0, 0.05) is 12.4 Å². The van der Waals surface area contributed by atoms with Gasteiger partial charge >= 0.3 is 46.0 Å². The van der Waals surface area contributed by atoms with Crippen LogP contribution in [0.15, 0.2) is 18.5 Å². The number of hydrogen-bond donors (Lipinski definition) is 2. The molecule has 1 aromatic rings. The van der Waals surface area contributed by atoms with Gasteiger partial charge in [-0.3, -0.25) is 9.11 Å². The van der Waals surface area contributed by atoms with E-state index in [1.165, 1.54) is 6.20 Å². The van der Waals surface area contributed by atoms with Crippen LogP contribution >= 0.6 is 0 Å².